The lowest BCUT2D eigenvalue weighted by Crippen LogP contribution is -2.12. The minimum Gasteiger partial charge on any atom is -0.326 e. The summed E-state index contributed by atoms with van der Waals surface area (Å²) in [5.74, 6) is 0.0474. The topological polar surface area (TPSA) is 29.1 Å². The molecule has 0 fully saturated rings. The average molecular weight is 368 g/mol. The summed E-state index contributed by atoms with van der Waals surface area (Å²) in [6.45, 7) is 1.99. The van der Waals surface area contributed by atoms with E-state index >= 15 is 0 Å². The van der Waals surface area contributed by atoms with Crippen molar-refractivity contribution in [1.29, 1.82) is 0 Å². The predicted octanol–water partition coefficient (Wildman–Crippen LogP) is 3.32. The fourth-order valence-electron chi connectivity index (χ4n) is 1.07. The molecular weight excluding hydrogens is 357 g/mol. The van der Waals surface area contributed by atoms with Gasteiger partial charge in [-0.1, -0.05) is 15.9 Å². The van der Waals surface area contributed by atoms with Crippen LogP contribution in [-0.4, -0.2) is 11.2 Å². The van der Waals surface area contributed by atoms with Crippen LogP contribution in [0.5, 0.6) is 0 Å². The Morgan fingerprint density at radius 3 is 2.86 bits per heavy atom. The molecule has 14 heavy (non-hydrogen) atoms. The van der Waals surface area contributed by atoms with Crippen LogP contribution in [0.1, 0.15) is 12.0 Å². The fraction of sp³-hybridized carbons (Fsp3) is 0.300. The smallest absolute Gasteiger partial charge is 0.225 e. The van der Waals surface area contributed by atoms with Crippen molar-refractivity contribution in [2.75, 3.05) is 10.6 Å². The molecule has 4 heteroatoms. The van der Waals surface area contributed by atoms with Gasteiger partial charge in [0.15, 0.2) is 0 Å². The van der Waals surface area contributed by atoms with Gasteiger partial charge in [-0.15, -0.1) is 0 Å². The zero-order valence-electron chi connectivity index (χ0n) is 7.81. The molecule has 0 aromatic heterocycles. The van der Waals surface area contributed by atoms with Crippen molar-refractivity contribution in [3.63, 3.8) is 0 Å². The molecule has 1 aromatic carbocycles. The van der Waals surface area contributed by atoms with E-state index in [0.29, 0.717) is 11.8 Å². The molecule has 0 spiro atoms. The summed E-state index contributed by atoms with van der Waals surface area (Å²) < 4.78 is 1.18. The quantitative estimate of drug-likeness (QED) is 0.644. The summed E-state index contributed by atoms with van der Waals surface area (Å²) in [6.07, 6.45) is 0.505. The summed E-state index contributed by atoms with van der Waals surface area (Å²) in [7, 11) is 0. The number of rotatable bonds is 3. The van der Waals surface area contributed by atoms with Gasteiger partial charge in [0.25, 0.3) is 0 Å². The number of anilines is 1. The van der Waals surface area contributed by atoms with Crippen LogP contribution in [-0.2, 0) is 4.79 Å². The van der Waals surface area contributed by atoms with Gasteiger partial charge in [-0.2, -0.15) is 0 Å². The maximum atomic E-state index is 11.3. The largest absolute Gasteiger partial charge is 0.326 e. The van der Waals surface area contributed by atoms with Crippen LogP contribution in [0.2, 0.25) is 0 Å². The molecule has 0 unspecified atom stereocenters. The van der Waals surface area contributed by atoms with Crippen LogP contribution in [0, 0.1) is 10.5 Å². The van der Waals surface area contributed by atoms with Crippen LogP contribution in [0.15, 0.2) is 18.2 Å². The monoisotopic (exact) mass is 367 g/mol. The molecule has 0 aliphatic heterocycles. The molecule has 76 valence electrons. The number of carbonyl (C=O) groups is 1. The van der Waals surface area contributed by atoms with E-state index in [2.05, 4.69) is 43.8 Å². The highest BCUT2D eigenvalue weighted by atomic mass is 127. The van der Waals surface area contributed by atoms with Gasteiger partial charge in [-0.3, -0.25) is 4.79 Å². The van der Waals surface area contributed by atoms with Crippen LogP contribution in [0.4, 0.5) is 5.69 Å². The number of carbonyl (C=O) groups excluding carboxylic acids is 1. The molecule has 1 N–H and O–H groups in total. The Hall–Kier alpha value is -0.100. The second-order valence-corrected chi connectivity index (χ2v) is 4.99. The summed E-state index contributed by atoms with van der Waals surface area (Å²) >= 11 is 5.48. The zero-order chi connectivity index (χ0) is 10.6. The molecule has 0 heterocycles. The minimum absolute atomic E-state index is 0.0474. The summed E-state index contributed by atoms with van der Waals surface area (Å²) in [6, 6.07) is 5.96. The Bertz CT molecular complexity index is 341. The van der Waals surface area contributed by atoms with Crippen molar-refractivity contribution in [3.8, 4) is 0 Å². The van der Waals surface area contributed by atoms with Gasteiger partial charge in [-0.25, -0.2) is 0 Å². The first-order valence-electron chi connectivity index (χ1n) is 4.25. The van der Waals surface area contributed by atoms with Crippen molar-refractivity contribution in [2.24, 2.45) is 0 Å². The normalized spacial score (nSPS) is 9.93. The van der Waals surface area contributed by atoms with Crippen LogP contribution in [0.25, 0.3) is 0 Å². The lowest BCUT2D eigenvalue weighted by atomic mass is 10.2. The van der Waals surface area contributed by atoms with Crippen LogP contribution >= 0.6 is 38.5 Å². The number of hydrogen-bond acceptors (Lipinski definition) is 1. The number of alkyl halides is 1. The van der Waals surface area contributed by atoms with Crippen molar-refractivity contribution in [2.45, 2.75) is 13.3 Å². The van der Waals surface area contributed by atoms with E-state index in [-0.39, 0.29) is 5.91 Å². The number of nitrogens with one attached hydrogen (secondary N) is 1. The third kappa shape index (κ3) is 3.57. The SMILES string of the molecule is Cc1cc(I)ccc1NC(=O)CCBr. The first kappa shape index (κ1) is 12.0. The highest BCUT2D eigenvalue weighted by Gasteiger charge is 2.03. The molecule has 1 amide bonds. The van der Waals surface area contributed by atoms with Crippen molar-refractivity contribution >= 4 is 50.1 Å². The van der Waals surface area contributed by atoms with Crippen molar-refractivity contribution in [1.82, 2.24) is 0 Å². The van der Waals surface area contributed by atoms with Gasteiger partial charge in [0, 0.05) is 21.0 Å². The number of amides is 1. The number of aryl methyl sites for hydroxylation is 1. The maximum absolute atomic E-state index is 11.3. The second-order valence-electron chi connectivity index (χ2n) is 2.95. The third-order valence-corrected chi connectivity index (χ3v) is 2.85. The lowest BCUT2D eigenvalue weighted by Gasteiger charge is -2.07. The first-order chi connectivity index (χ1) is 6.63. The number of halogens is 2. The van der Waals surface area contributed by atoms with E-state index in [1.54, 1.807) is 0 Å². The predicted molar refractivity (Wildman–Crippen MR) is 70.9 cm³/mol. The maximum Gasteiger partial charge on any atom is 0.225 e. The standard InChI is InChI=1S/C10H11BrINO/c1-7-6-8(12)2-3-9(7)13-10(14)4-5-11/h2-3,6H,4-5H2,1H3,(H,13,14). The van der Waals surface area contributed by atoms with Gasteiger partial charge < -0.3 is 5.32 Å². The Kier molecular flexibility index (Phi) is 4.88. The highest BCUT2D eigenvalue weighted by Crippen LogP contribution is 2.17. The van der Waals surface area contributed by atoms with Gasteiger partial charge in [0.2, 0.25) is 5.91 Å². The molecule has 0 radical (unpaired) electrons. The molecule has 0 saturated carbocycles. The molecule has 1 aromatic rings. The molecule has 0 aliphatic carbocycles. The minimum atomic E-state index is 0.0474. The van der Waals surface area contributed by atoms with E-state index in [0.717, 1.165) is 11.3 Å². The third-order valence-electron chi connectivity index (χ3n) is 1.78. The molecule has 2 nitrogen and oxygen atoms in total. The van der Waals surface area contributed by atoms with E-state index in [9.17, 15) is 4.79 Å². The van der Waals surface area contributed by atoms with Gasteiger partial charge in [-0.05, 0) is 53.3 Å². The van der Waals surface area contributed by atoms with Gasteiger partial charge in [0.05, 0.1) is 0 Å². The Morgan fingerprint density at radius 2 is 2.29 bits per heavy atom. The molecular formula is C10H11BrINO. The molecule has 0 bridgehead atoms. The van der Waals surface area contributed by atoms with E-state index in [1.807, 2.05) is 25.1 Å². The first-order valence-corrected chi connectivity index (χ1v) is 6.45. The van der Waals surface area contributed by atoms with Crippen LogP contribution < -0.4 is 5.32 Å². The van der Waals surface area contributed by atoms with Gasteiger partial charge in [0.1, 0.15) is 0 Å². The summed E-state index contributed by atoms with van der Waals surface area (Å²) in [4.78, 5) is 11.3. The van der Waals surface area contributed by atoms with Crippen LogP contribution in [0.3, 0.4) is 0 Å². The van der Waals surface area contributed by atoms with Gasteiger partial charge >= 0.3 is 0 Å². The molecule has 0 atom stereocenters. The summed E-state index contributed by atoms with van der Waals surface area (Å²) in [5.41, 5.74) is 2.00. The number of benzene rings is 1. The molecule has 1 rings (SSSR count). The Balaban J connectivity index is 2.72. The van der Waals surface area contributed by atoms with Crippen molar-refractivity contribution < 1.29 is 4.79 Å². The highest BCUT2D eigenvalue weighted by molar-refractivity contribution is 14.1. The average Bonchev–Trinajstić information content (AvgIpc) is 2.10. The van der Waals surface area contributed by atoms with E-state index < -0.39 is 0 Å². The van der Waals surface area contributed by atoms with E-state index in [4.69, 9.17) is 0 Å². The Morgan fingerprint density at radius 1 is 1.57 bits per heavy atom. The molecule has 0 saturated heterocycles. The zero-order valence-corrected chi connectivity index (χ0v) is 11.6. The van der Waals surface area contributed by atoms with Crippen molar-refractivity contribution in [3.05, 3.63) is 27.3 Å². The lowest BCUT2D eigenvalue weighted by molar-refractivity contribution is -0.115. The Labute approximate surface area is 106 Å². The fourth-order valence-corrected chi connectivity index (χ4v) is 2.07. The molecule has 0 aliphatic rings. The second kappa shape index (κ2) is 5.70. The van der Waals surface area contributed by atoms with E-state index in [1.165, 1.54) is 3.57 Å². The number of hydrogen-bond donors (Lipinski definition) is 1. The summed E-state index contributed by atoms with van der Waals surface area (Å²) in [5, 5.41) is 3.56.